The van der Waals surface area contributed by atoms with Crippen molar-refractivity contribution >= 4 is 17.6 Å². The molecule has 5 heteroatoms. The molecule has 4 nitrogen and oxygen atoms in total. The first kappa shape index (κ1) is 15.0. The van der Waals surface area contributed by atoms with Crippen molar-refractivity contribution < 1.29 is 9.90 Å². The lowest BCUT2D eigenvalue weighted by atomic mass is 10.2. The van der Waals surface area contributed by atoms with Crippen LogP contribution in [0.1, 0.15) is 5.56 Å². The minimum atomic E-state index is -0.819. The number of hydrogen-bond acceptors (Lipinski definition) is 3. The number of carboxylic acids is 1. The average Bonchev–Trinajstić information content (AvgIpc) is 2.28. The molecule has 1 N–H and O–H groups in total. The van der Waals surface area contributed by atoms with Gasteiger partial charge in [-0.15, -0.1) is 0 Å². The SMILES string of the molecule is CN(C)CCN(CC(=O)O)Cc1ccccc1Cl. The summed E-state index contributed by atoms with van der Waals surface area (Å²) in [5.74, 6) is -0.819. The van der Waals surface area contributed by atoms with Crippen molar-refractivity contribution in [1.82, 2.24) is 9.80 Å². The molecule has 1 rings (SSSR count). The standard InChI is InChI=1S/C13H19ClN2O2/c1-15(2)7-8-16(10-13(17)18)9-11-5-3-4-6-12(11)14/h3-6H,7-10H2,1-2H3,(H,17,18). The number of hydrogen-bond donors (Lipinski definition) is 1. The molecule has 18 heavy (non-hydrogen) atoms. The number of halogens is 1. The van der Waals surface area contributed by atoms with E-state index in [4.69, 9.17) is 16.7 Å². The molecule has 0 bridgehead atoms. The summed E-state index contributed by atoms with van der Waals surface area (Å²) >= 11 is 6.08. The Hall–Kier alpha value is -1.10. The van der Waals surface area contributed by atoms with Gasteiger partial charge in [0.1, 0.15) is 0 Å². The van der Waals surface area contributed by atoms with Gasteiger partial charge < -0.3 is 10.0 Å². The second-order valence-corrected chi connectivity index (χ2v) is 4.91. The highest BCUT2D eigenvalue weighted by Crippen LogP contribution is 2.16. The molecular weight excluding hydrogens is 252 g/mol. The lowest BCUT2D eigenvalue weighted by molar-refractivity contribution is -0.138. The van der Waals surface area contributed by atoms with Crippen LogP contribution in [0.25, 0.3) is 0 Å². The molecule has 0 aliphatic rings. The molecule has 0 aliphatic carbocycles. The van der Waals surface area contributed by atoms with Crippen molar-refractivity contribution in [1.29, 1.82) is 0 Å². The van der Waals surface area contributed by atoms with Gasteiger partial charge in [0.15, 0.2) is 0 Å². The molecule has 0 atom stereocenters. The maximum atomic E-state index is 10.8. The number of carbonyl (C=O) groups is 1. The summed E-state index contributed by atoms with van der Waals surface area (Å²) in [6.07, 6.45) is 0. The van der Waals surface area contributed by atoms with Crippen LogP contribution in [0.4, 0.5) is 0 Å². The van der Waals surface area contributed by atoms with E-state index in [1.54, 1.807) is 0 Å². The molecule has 0 unspecified atom stereocenters. The predicted molar refractivity (Wildman–Crippen MR) is 72.9 cm³/mol. The predicted octanol–water partition coefficient (Wildman–Crippen LogP) is 1.79. The van der Waals surface area contributed by atoms with Crippen LogP contribution in [0.5, 0.6) is 0 Å². The molecule has 0 amide bonds. The summed E-state index contributed by atoms with van der Waals surface area (Å²) in [5.41, 5.74) is 0.958. The first-order chi connectivity index (χ1) is 8.49. The maximum absolute atomic E-state index is 10.8. The van der Waals surface area contributed by atoms with E-state index in [-0.39, 0.29) is 6.54 Å². The molecule has 0 aromatic heterocycles. The Morgan fingerprint density at radius 2 is 1.94 bits per heavy atom. The molecule has 100 valence electrons. The Kier molecular flexibility index (Phi) is 6.12. The molecule has 0 spiro atoms. The van der Waals surface area contributed by atoms with Crippen molar-refractivity contribution in [3.05, 3.63) is 34.9 Å². The van der Waals surface area contributed by atoms with E-state index in [2.05, 4.69) is 0 Å². The highest BCUT2D eigenvalue weighted by atomic mass is 35.5. The summed E-state index contributed by atoms with van der Waals surface area (Å²) in [6.45, 7) is 2.10. The van der Waals surface area contributed by atoms with Crippen LogP contribution in [0.3, 0.4) is 0 Å². The quantitative estimate of drug-likeness (QED) is 0.820. The second kappa shape index (κ2) is 7.36. The topological polar surface area (TPSA) is 43.8 Å². The van der Waals surface area contributed by atoms with E-state index in [0.29, 0.717) is 18.1 Å². The third-order valence-electron chi connectivity index (χ3n) is 2.57. The molecule has 0 aliphatic heterocycles. The van der Waals surface area contributed by atoms with Crippen LogP contribution in [-0.4, -0.2) is 54.6 Å². The summed E-state index contributed by atoms with van der Waals surface area (Å²) in [6, 6.07) is 7.52. The lowest BCUT2D eigenvalue weighted by Gasteiger charge is -2.22. The van der Waals surface area contributed by atoms with E-state index < -0.39 is 5.97 Å². The fourth-order valence-electron chi connectivity index (χ4n) is 1.61. The normalized spacial score (nSPS) is 11.2. The first-order valence-electron chi connectivity index (χ1n) is 5.81. The Bertz CT molecular complexity index is 396. The van der Waals surface area contributed by atoms with Crippen molar-refractivity contribution in [2.75, 3.05) is 33.7 Å². The van der Waals surface area contributed by atoms with Gasteiger partial charge in [0.2, 0.25) is 0 Å². The van der Waals surface area contributed by atoms with Gasteiger partial charge >= 0.3 is 5.97 Å². The van der Waals surface area contributed by atoms with Crippen LogP contribution in [0, 0.1) is 0 Å². The zero-order chi connectivity index (χ0) is 13.5. The molecule has 0 saturated heterocycles. The largest absolute Gasteiger partial charge is 0.480 e. The summed E-state index contributed by atoms with van der Waals surface area (Å²) in [5, 5.41) is 9.59. The van der Waals surface area contributed by atoms with Gasteiger partial charge in [0, 0.05) is 24.7 Å². The van der Waals surface area contributed by atoms with Crippen LogP contribution in [0.2, 0.25) is 5.02 Å². The van der Waals surface area contributed by atoms with Crippen molar-refractivity contribution in [3.8, 4) is 0 Å². The van der Waals surface area contributed by atoms with Crippen LogP contribution < -0.4 is 0 Å². The lowest BCUT2D eigenvalue weighted by Crippen LogP contribution is -2.35. The number of benzene rings is 1. The minimum Gasteiger partial charge on any atom is -0.480 e. The molecule has 0 radical (unpaired) electrons. The van der Waals surface area contributed by atoms with Gasteiger partial charge in [0.05, 0.1) is 6.54 Å². The number of carboxylic acid groups (broad SMARTS) is 1. The van der Waals surface area contributed by atoms with Crippen LogP contribution in [0.15, 0.2) is 24.3 Å². The van der Waals surface area contributed by atoms with Crippen molar-refractivity contribution in [2.45, 2.75) is 6.54 Å². The van der Waals surface area contributed by atoms with Crippen molar-refractivity contribution in [3.63, 3.8) is 0 Å². The first-order valence-corrected chi connectivity index (χ1v) is 6.19. The summed E-state index contributed by atoms with van der Waals surface area (Å²) < 4.78 is 0. The molecule has 1 aromatic carbocycles. The van der Waals surface area contributed by atoms with Gasteiger partial charge in [-0.25, -0.2) is 0 Å². The summed E-state index contributed by atoms with van der Waals surface area (Å²) in [7, 11) is 3.93. The summed E-state index contributed by atoms with van der Waals surface area (Å²) in [4.78, 5) is 14.7. The number of likely N-dealkylation sites (N-methyl/N-ethyl adjacent to an activating group) is 1. The van der Waals surface area contributed by atoms with Gasteiger partial charge in [-0.3, -0.25) is 9.69 Å². The van der Waals surface area contributed by atoms with Crippen molar-refractivity contribution in [2.24, 2.45) is 0 Å². The second-order valence-electron chi connectivity index (χ2n) is 4.50. The van der Waals surface area contributed by atoms with Crippen LogP contribution >= 0.6 is 11.6 Å². The van der Waals surface area contributed by atoms with Crippen LogP contribution in [-0.2, 0) is 11.3 Å². The molecule has 0 saturated carbocycles. The monoisotopic (exact) mass is 270 g/mol. The van der Waals surface area contributed by atoms with Gasteiger partial charge in [0.25, 0.3) is 0 Å². The molecule has 0 heterocycles. The highest BCUT2D eigenvalue weighted by molar-refractivity contribution is 6.31. The average molecular weight is 271 g/mol. The molecular formula is C13H19ClN2O2. The van der Waals surface area contributed by atoms with E-state index in [1.807, 2.05) is 48.2 Å². The maximum Gasteiger partial charge on any atom is 0.317 e. The Morgan fingerprint density at radius 3 is 2.50 bits per heavy atom. The Labute approximate surface area is 113 Å². The number of aliphatic carboxylic acids is 1. The smallest absolute Gasteiger partial charge is 0.317 e. The van der Waals surface area contributed by atoms with Gasteiger partial charge in [-0.05, 0) is 25.7 Å². The molecule has 0 fully saturated rings. The third kappa shape index (κ3) is 5.49. The zero-order valence-corrected chi connectivity index (χ0v) is 11.5. The van der Waals surface area contributed by atoms with Gasteiger partial charge in [-0.2, -0.15) is 0 Å². The molecule has 1 aromatic rings. The highest BCUT2D eigenvalue weighted by Gasteiger charge is 2.12. The zero-order valence-electron chi connectivity index (χ0n) is 10.8. The van der Waals surface area contributed by atoms with E-state index in [0.717, 1.165) is 12.1 Å². The van der Waals surface area contributed by atoms with E-state index >= 15 is 0 Å². The fraction of sp³-hybridized carbons (Fsp3) is 0.462. The van der Waals surface area contributed by atoms with Gasteiger partial charge in [-0.1, -0.05) is 29.8 Å². The number of rotatable bonds is 7. The fourth-order valence-corrected chi connectivity index (χ4v) is 1.81. The Balaban J connectivity index is 2.65. The van der Waals surface area contributed by atoms with E-state index in [1.165, 1.54) is 0 Å². The number of nitrogens with zero attached hydrogens (tertiary/aromatic N) is 2. The van der Waals surface area contributed by atoms with E-state index in [9.17, 15) is 4.79 Å². The Morgan fingerprint density at radius 1 is 1.28 bits per heavy atom. The minimum absolute atomic E-state index is 0.0268. The third-order valence-corrected chi connectivity index (χ3v) is 2.94.